The number of hydrogen-bond acceptors (Lipinski definition) is 4. The van der Waals surface area contributed by atoms with Gasteiger partial charge in [-0.05, 0) is 55.0 Å². The highest BCUT2D eigenvalue weighted by atomic mass is 19.4. The van der Waals surface area contributed by atoms with E-state index in [1.807, 2.05) is 0 Å². The number of halogens is 3. The predicted octanol–water partition coefficient (Wildman–Crippen LogP) is 5.10. The average molecular weight is 497 g/mol. The molecule has 10 heteroatoms. The number of nitrogens with one attached hydrogen (secondary N) is 2. The highest BCUT2D eigenvalue weighted by Gasteiger charge is 2.30. The molecule has 0 radical (unpaired) electrons. The molecular formula is C26H22F3N3O4. The normalized spacial score (nSPS) is 13.4. The van der Waals surface area contributed by atoms with Crippen LogP contribution in [-0.2, 0) is 15.8 Å². The Morgan fingerprint density at radius 2 is 1.64 bits per heavy atom. The summed E-state index contributed by atoms with van der Waals surface area (Å²) in [6, 6.07) is 17.2. The van der Waals surface area contributed by atoms with Crippen LogP contribution in [0.15, 0.2) is 72.8 Å². The minimum absolute atomic E-state index is 0.00414. The van der Waals surface area contributed by atoms with Crippen molar-refractivity contribution in [2.45, 2.75) is 19.0 Å². The van der Waals surface area contributed by atoms with Gasteiger partial charge >= 0.3 is 6.18 Å². The number of hydrogen-bond donors (Lipinski definition) is 2. The zero-order chi connectivity index (χ0) is 25.7. The second-order valence-electron chi connectivity index (χ2n) is 8.10. The SMILES string of the molecule is O=C(COc1cccc(N2CCCC2=O)c1)Nc1cccc(C(=O)Nc2cccc(C(F)(F)F)c2)c1. The third-order valence-electron chi connectivity index (χ3n) is 5.43. The molecule has 0 unspecified atom stereocenters. The van der Waals surface area contributed by atoms with Crippen LogP contribution in [0, 0.1) is 0 Å². The first-order valence-corrected chi connectivity index (χ1v) is 11.1. The Labute approximate surface area is 204 Å². The molecule has 186 valence electrons. The molecule has 7 nitrogen and oxygen atoms in total. The molecule has 36 heavy (non-hydrogen) atoms. The fourth-order valence-electron chi connectivity index (χ4n) is 3.72. The number of alkyl halides is 3. The molecule has 3 aromatic carbocycles. The van der Waals surface area contributed by atoms with E-state index in [-0.39, 0.29) is 23.8 Å². The third-order valence-corrected chi connectivity index (χ3v) is 5.43. The van der Waals surface area contributed by atoms with Gasteiger partial charge in [0.25, 0.3) is 11.8 Å². The first-order valence-electron chi connectivity index (χ1n) is 11.1. The summed E-state index contributed by atoms with van der Waals surface area (Å²) in [5.74, 6) is -0.638. The summed E-state index contributed by atoms with van der Waals surface area (Å²) < 4.78 is 44.3. The van der Waals surface area contributed by atoms with Crippen LogP contribution in [0.2, 0.25) is 0 Å². The average Bonchev–Trinajstić information content (AvgIpc) is 3.28. The molecule has 1 aliphatic rings. The molecule has 0 aromatic heterocycles. The summed E-state index contributed by atoms with van der Waals surface area (Å²) >= 11 is 0. The second-order valence-corrected chi connectivity index (χ2v) is 8.10. The quantitative estimate of drug-likeness (QED) is 0.475. The molecule has 1 fully saturated rings. The highest BCUT2D eigenvalue weighted by molar-refractivity contribution is 6.05. The molecule has 0 saturated carbocycles. The van der Waals surface area contributed by atoms with E-state index < -0.39 is 23.6 Å². The van der Waals surface area contributed by atoms with Gasteiger partial charge in [-0.1, -0.05) is 18.2 Å². The molecule has 4 rings (SSSR count). The minimum atomic E-state index is -4.53. The second kappa shape index (κ2) is 10.5. The summed E-state index contributed by atoms with van der Waals surface area (Å²) in [5, 5.41) is 5.04. The van der Waals surface area contributed by atoms with E-state index in [0.29, 0.717) is 30.1 Å². The molecule has 1 heterocycles. The summed E-state index contributed by atoms with van der Waals surface area (Å²) in [6.45, 7) is 0.332. The number of benzene rings is 3. The first-order chi connectivity index (χ1) is 17.2. The van der Waals surface area contributed by atoms with Crippen LogP contribution >= 0.6 is 0 Å². The number of carbonyl (C=O) groups excluding carboxylic acids is 3. The van der Waals surface area contributed by atoms with Crippen LogP contribution in [0.4, 0.5) is 30.2 Å². The Morgan fingerprint density at radius 1 is 0.917 bits per heavy atom. The van der Waals surface area contributed by atoms with Crippen molar-refractivity contribution >= 4 is 34.8 Å². The molecule has 0 aliphatic carbocycles. The molecule has 2 N–H and O–H groups in total. The van der Waals surface area contributed by atoms with Crippen LogP contribution in [-0.4, -0.2) is 30.9 Å². The van der Waals surface area contributed by atoms with Crippen molar-refractivity contribution in [3.05, 3.63) is 83.9 Å². The molecular weight excluding hydrogens is 475 g/mol. The van der Waals surface area contributed by atoms with Gasteiger partial charge in [-0.25, -0.2) is 0 Å². The Hall–Kier alpha value is -4.34. The number of carbonyl (C=O) groups is 3. The maximum absolute atomic E-state index is 12.9. The molecule has 0 spiro atoms. The molecule has 0 atom stereocenters. The summed E-state index contributed by atoms with van der Waals surface area (Å²) in [6.07, 6.45) is -3.23. The highest BCUT2D eigenvalue weighted by Crippen LogP contribution is 2.31. The van der Waals surface area contributed by atoms with Crippen LogP contribution in [0.25, 0.3) is 0 Å². The lowest BCUT2D eigenvalue weighted by Gasteiger charge is -2.16. The Balaban J connectivity index is 1.34. The lowest BCUT2D eigenvalue weighted by atomic mass is 10.1. The lowest BCUT2D eigenvalue weighted by Crippen LogP contribution is -2.24. The van der Waals surface area contributed by atoms with Crippen LogP contribution in [0.1, 0.15) is 28.8 Å². The molecule has 1 saturated heterocycles. The van der Waals surface area contributed by atoms with Gasteiger partial charge in [-0.15, -0.1) is 0 Å². The monoisotopic (exact) mass is 497 g/mol. The van der Waals surface area contributed by atoms with Crippen LogP contribution in [0.3, 0.4) is 0 Å². The predicted molar refractivity (Wildman–Crippen MR) is 128 cm³/mol. The van der Waals surface area contributed by atoms with E-state index in [4.69, 9.17) is 4.74 Å². The smallest absolute Gasteiger partial charge is 0.416 e. The van der Waals surface area contributed by atoms with Gasteiger partial charge in [-0.2, -0.15) is 13.2 Å². The van der Waals surface area contributed by atoms with Gasteiger partial charge in [0, 0.05) is 41.7 Å². The van der Waals surface area contributed by atoms with E-state index in [9.17, 15) is 27.6 Å². The number of amides is 3. The number of rotatable bonds is 7. The zero-order valence-corrected chi connectivity index (χ0v) is 19.0. The van der Waals surface area contributed by atoms with Crippen molar-refractivity contribution in [1.29, 1.82) is 0 Å². The van der Waals surface area contributed by atoms with Crippen molar-refractivity contribution in [3.8, 4) is 5.75 Å². The van der Waals surface area contributed by atoms with E-state index in [2.05, 4.69) is 10.6 Å². The van der Waals surface area contributed by atoms with Crippen molar-refractivity contribution < 1.29 is 32.3 Å². The van der Waals surface area contributed by atoms with Gasteiger partial charge in [0.1, 0.15) is 5.75 Å². The van der Waals surface area contributed by atoms with Crippen molar-refractivity contribution in [2.75, 3.05) is 28.7 Å². The van der Waals surface area contributed by atoms with E-state index in [1.165, 1.54) is 30.3 Å². The van der Waals surface area contributed by atoms with E-state index in [1.54, 1.807) is 35.2 Å². The lowest BCUT2D eigenvalue weighted by molar-refractivity contribution is -0.137. The minimum Gasteiger partial charge on any atom is -0.484 e. The Bertz CT molecular complexity index is 1290. The van der Waals surface area contributed by atoms with Gasteiger partial charge in [0.05, 0.1) is 5.56 Å². The summed E-state index contributed by atoms with van der Waals surface area (Å²) in [5.41, 5.74) is 0.287. The summed E-state index contributed by atoms with van der Waals surface area (Å²) in [4.78, 5) is 38.5. The first kappa shape index (κ1) is 24.8. The molecule has 1 aliphatic heterocycles. The van der Waals surface area contributed by atoms with E-state index >= 15 is 0 Å². The Morgan fingerprint density at radius 3 is 2.36 bits per heavy atom. The van der Waals surface area contributed by atoms with Gasteiger partial charge in [0.2, 0.25) is 5.91 Å². The van der Waals surface area contributed by atoms with Crippen molar-refractivity contribution in [2.24, 2.45) is 0 Å². The maximum atomic E-state index is 12.9. The Kier molecular flexibility index (Phi) is 7.23. The number of anilines is 3. The van der Waals surface area contributed by atoms with Crippen molar-refractivity contribution in [1.82, 2.24) is 0 Å². The summed E-state index contributed by atoms with van der Waals surface area (Å²) in [7, 11) is 0. The maximum Gasteiger partial charge on any atom is 0.416 e. The number of nitrogens with zero attached hydrogens (tertiary/aromatic N) is 1. The van der Waals surface area contributed by atoms with Gasteiger partial charge < -0.3 is 20.3 Å². The van der Waals surface area contributed by atoms with Crippen LogP contribution < -0.4 is 20.3 Å². The fraction of sp³-hybridized carbons (Fsp3) is 0.192. The molecule has 3 aromatic rings. The fourth-order valence-corrected chi connectivity index (χ4v) is 3.72. The topological polar surface area (TPSA) is 87.7 Å². The largest absolute Gasteiger partial charge is 0.484 e. The number of ether oxygens (including phenoxy) is 1. The standard InChI is InChI=1S/C26H22F3N3O4/c27-26(28,29)18-6-2-8-20(14-18)31-25(35)17-5-1-7-19(13-17)30-23(33)16-36-22-10-3-9-21(15-22)32-12-4-11-24(32)34/h1-3,5-10,13-15H,4,11-12,16H2,(H,30,33)(H,31,35). The van der Waals surface area contributed by atoms with E-state index in [0.717, 1.165) is 18.6 Å². The molecule has 3 amide bonds. The zero-order valence-electron chi connectivity index (χ0n) is 19.0. The third kappa shape index (κ3) is 6.21. The van der Waals surface area contributed by atoms with Crippen LogP contribution in [0.5, 0.6) is 5.75 Å². The van der Waals surface area contributed by atoms with Gasteiger partial charge in [-0.3, -0.25) is 14.4 Å². The molecule has 0 bridgehead atoms. The van der Waals surface area contributed by atoms with Crippen molar-refractivity contribution in [3.63, 3.8) is 0 Å². The van der Waals surface area contributed by atoms with Gasteiger partial charge in [0.15, 0.2) is 6.61 Å².